The van der Waals surface area contributed by atoms with Crippen molar-refractivity contribution in [3.8, 4) is 0 Å². The topological polar surface area (TPSA) is 94.3 Å². The minimum atomic E-state index is -3.65. The molecule has 0 bridgehead atoms. The van der Waals surface area contributed by atoms with Crippen molar-refractivity contribution in [1.82, 2.24) is 14.8 Å². The van der Waals surface area contributed by atoms with Crippen molar-refractivity contribution in [3.63, 3.8) is 0 Å². The summed E-state index contributed by atoms with van der Waals surface area (Å²) >= 11 is 0. The van der Waals surface area contributed by atoms with E-state index in [9.17, 15) is 13.5 Å². The Balaban J connectivity index is 2.89. The first-order valence-corrected chi connectivity index (χ1v) is 6.16. The SMILES string of the molecule is CCC(O)C(OS(C)(=O)=O)n1cncn1. The van der Waals surface area contributed by atoms with Gasteiger partial charge in [0.25, 0.3) is 10.1 Å². The molecule has 0 aromatic carbocycles. The van der Waals surface area contributed by atoms with Gasteiger partial charge in [-0.3, -0.25) is 0 Å². The molecular weight excluding hydrogens is 222 g/mol. The summed E-state index contributed by atoms with van der Waals surface area (Å²) in [5.41, 5.74) is 0. The van der Waals surface area contributed by atoms with E-state index in [1.165, 1.54) is 12.7 Å². The molecule has 0 saturated carbocycles. The summed E-state index contributed by atoms with van der Waals surface area (Å²) in [5, 5.41) is 13.3. The molecule has 0 aliphatic heterocycles. The molecule has 1 aromatic heterocycles. The van der Waals surface area contributed by atoms with E-state index in [-0.39, 0.29) is 0 Å². The maximum Gasteiger partial charge on any atom is 0.266 e. The van der Waals surface area contributed by atoms with E-state index in [1.54, 1.807) is 6.92 Å². The molecule has 0 fully saturated rings. The Kier molecular flexibility index (Phi) is 3.77. The van der Waals surface area contributed by atoms with Crippen molar-refractivity contribution in [3.05, 3.63) is 12.7 Å². The third-order valence-corrected chi connectivity index (χ3v) is 2.26. The zero-order valence-electron chi connectivity index (χ0n) is 8.44. The zero-order valence-corrected chi connectivity index (χ0v) is 9.25. The highest BCUT2D eigenvalue weighted by atomic mass is 32.2. The van der Waals surface area contributed by atoms with Crippen LogP contribution in [0.25, 0.3) is 0 Å². The molecule has 0 radical (unpaired) electrons. The number of rotatable bonds is 5. The van der Waals surface area contributed by atoms with Crippen LogP contribution in [0.5, 0.6) is 0 Å². The van der Waals surface area contributed by atoms with Crippen LogP contribution < -0.4 is 0 Å². The molecule has 2 atom stereocenters. The molecule has 15 heavy (non-hydrogen) atoms. The van der Waals surface area contributed by atoms with E-state index in [0.717, 1.165) is 10.9 Å². The normalized spacial score (nSPS) is 16.2. The quantitative estimate of drug-likeness (QED) is 0.693. The molecule has 1 heterocycles. The first-order valence-electron chi connectivity index (χ1n) is 4.34. The lowest BCUT2D eigenvalue weighted by Gasteiger charge is -2.20. The molecule has 7 nitrogen and oxygen atoms in total. The molecule has 0 aliphatic carbocycles. The third-order valence-electron chi connectivity index (χ3n) is 1.72. The molecule has 1 rings (SSSR count). The summed E-state index contributed by atoms with van der Waals surface area (Å²) in [7, 11) is -3.65. The smallest absolute Gasteiger partial charge is 0.266 e. The highest BCUT2D eigenvalue weighted by molar-refractivity contribution is 7.85. The van der Waals surface area contributed by atoms with E-state index in [4.69, 9.17) is 4.18 Å². The van der Waals surface area contributed by atoms with Crippen LogP contribution in [0.4, 0.5) is 0 Å². The summed E-state index contributed by atoms with van der Waals surface area (Å²) in [4.78, 5) is 3.66. The lowest BCUT2D eigenvalue weighted by atomic mass is 10.2. The molecule has 0 spiro atoms. The Morgan fingerprint density at radius 3 is 2.67 bits per heavy atom. The maximum absolute atomic E-state index is 11.0. The largest absolute Gasteiger partial charge is 0.388 e. The standard InChI is InChI=1S/C7H13N3O4S/c1-3-6(11)7(14-15(2,12)13)10-5-8-4-9-10/h4-7,11H,3H2,1-2H3. The van der Waals surface area contributed by atoms with Gasteiger partial charge in [-0.1, -0.05) is 6.92 Å². The minimum absolute atomic E-state index is 0.347. The van der Waals surface area contributed by atoms with Crippen LogP contribution in [0.15, 0.2) is 12.7 Å². The number of nitrogens with zero attached hydrogens (tertiary/aromatic N) is 3. The van der Waals surface area contributed by atoms with E-state index < -0.39 is 22.4 Å². The Morgan fingerprint density at radius 2 is 2.27 bits per heavy atom. The average Bonchev–Trinajstić information content (AvgIpc) is 2.64. The second kappa shape index (κ2) is 4.69. The van der Waals surface area contributed by atoms with Gasteiger partial charge in [0.15, 0.2) is 6.23 Å². The first-order chi connectivity index (χ1) is 6.94. The van der Waals surface area contributed by atoms with Gasteiger partial charge in [-0.05, 0) is 6.42 Å². The molecule has 0 aliphatic rings. The van der Waals surface area contributed by atoms with Gasteiger partial charge in [0, 0.05) is 0 Å². The summed E-state index contributed by atoms with van der Waals surface area (Å²) in [6, 6.07) is 0. The summed E-state index contributed by atoms with van der Waals surface area (Å²) < 4.78 is 27.8. The molecule has 0 saturated heterocycles. The van der Waals surface area contributed by atoms with Gasteiger partial charge < -0.3 is 5.11 Å². The predicted octanol–water partition coefficient (Wildman–Crippen LogP) is -0.476. The molecular formula is C7H13N3O4S. The van der Waals surface area contributed by atoms with E-state index in [0.29, 0.717) is 6.42 Å². The number of hydrogen-bond donors (Lipinski definition) is 1. The fourth-order valence-corrected chi connectivity index (χ4v) is 1.59. The highest BCUT2D eigenvalue weighted by Gasteiger charge is 2.25. The second-order valence-electron chi connectivity index (χ2n) is 3.04. The minimum Gasteiger partial charge on any atom is -0.388 e. The van der Waals surface area contributed by atoms with Gasteiger partial charge in [-0.2, -0.15) is 13.5 Å². The lowest BCUT2D eigenvalue weighted by molar-refractivity contribution is -0.0144. The Bertz CT molecular complexity index is 388. The van der Waals surface area contributed by atoms with E-state index in [1.807, 2.05) is 0 Å². The molecule has 86 valence electrons. The molecule has 8 heteroatoms. The zero-order chi connectivity index (χ0) is 11.5. The molecule has 1 aromatic rings. The predicted molar refractivity (Wildman–Crippen MR) is 51.3 cm³/mol. The summed E-state index contributed by atoms with van der Waals surface area (Å²) in [6.45, 7) is 1.71. The van der Waals surface area contributed by atoms with E-state index >= 15 is 0 Å². The van der Waals surface area contributed by atoms with Crippen LogP contribution in [0, 0.1) is 0 Å². The fourth-order valence-electron chi connectivity index (χ4n) is 1.01. The molecule has 1 N–H and O–H groups in total. The van der Waals surface area contributed by atoms with E-state index in [2.05, 4.69) is 10.1 Å². The third kappa shape index (κ3) is 3.57. The number of aliphatic hydroxyl groups is 1. The number of aliphatic hydroxyl groups excluding tert-OH is 1. The van der Waals surface area contributed by atoms with Crippen molar-refractivity contribution in [1.29, 1.82) is 0 Å². The van der Waals surface area contributed by atoms with Crippen LogP contribution in [0.1, 0.15) is 19.6 Å². The number of aromatic nitrogens is 3. The lowest BCUT2D eigenvalue weighted by Crippen LogP contribution is -2.28. The summed E-state index contributed by atoms with van der Waals surface area (Å²) in [6.07, 6.45) is 1.77. The van der Waals surface area contributed by atoms with Crippen molar-refractivity contribution in [2.24, 2.45) is 0 Å². The van der Waals surface area contributed by atoms with Crippen molar-refractivity contribution < 1.29 is 17.7 Å². The molecule has 0 amide bonds. The van der Waals surface area contributed by atoms with Gasteiger partial charge in [-0.15, -0.1) is 0 Å². The highest BCUT2D eigenvalue weighted by Crippen LogP contribution is 2.16. The Morgan fingerprint density at radius 1 is 1.60 bits per heavy atom. The van der Waals surface area contributed by atoms with Crippen LogP contribution in [-0.4, -0.2) is 40.6 Å². The van der Waals surface area contributed by atoms with Crippen LogP contribution in [0.2, 0.25) is 0 Å². The van der Waals surface area contributed by atoms with Crippen molar-refractivity contribution in [2.75, 3.05) is 6.26 Å². The number of hydrogen-bond acceptors (Lipinski definition) is 6. The van der Waals surface area contributed by atoms with Gasteiger partial charge in [-0.25, -0.2) is 13.8 Å². The average molecular weight is 235 g/mol. The van der Waals surface area contributed by atoms with Gasteiger partial charge in [0.2, 0.25) is 0 Å². The Hall–Kier alpha value is -0.990. The fraction of sp³-hybridized carbons (Fsp3) is 0.714. The maximum atomic E-state index is 11.0. The molecule has 2 unspecified atom stereocenters. The van der Waals surface area contributed by atoms with Crippen LogP contribution >= 0.6 is 0 Å². The van der Waals surface area contributed by atoms with Gasteiger partial charge >= 0.3 is 0 Å². The van der Waals surface area contributed by atoms with Crippen molar-refractivity contribution in [2.45, 2.75) is 25.7 Å². The summed E-state index contributed by atoms with van der Waals surface area (Å²) in [5.74, 6) is 0. The second-order valence-corrected chi connectivity index (χ2v) is 4.64. The van der Waals surface area contributed by atoms with Crippen LogP contribution in [0.3, 0.4) is 0 Å². The monoisotopic (exact) mass is 235 g/mol. The van der Waals surface area contributed by atoms with Crippen molar-refractivity contribution >= 4 is 10.1 Å². The Labute approximate surface area is 87.8 Å². The van der Waals surface area contributed by atoms with Gasteiger partial charge in [0.05, 0.1) is 6.26 Å². The van der Waals surface area contributed by atoms with Gasteiger partial charge in [0.1, 0.15) is 18.8 Å². The first kappa shape index (κ1) is 12.1. The van der Waals surface area contributed by atoms with Crippen LogP contribution in [-0.2, 0) is 14.3 Å².